The van der Waals surface area contributed by atoms with Gasteiger partial charge in [0.25, 0.3) is 5.91 Å². The molecule has 2 aromatic carbocycles. The summed E-state index contributed by atoms with van der Waals surface area (Å²) in [4.78, 5) is 16.4. The van der Waals surface area contributed by atoms with Crippen molar-refractivity contribution in [3.63, 3.8) is 0 Å². The molecule has 2 heterocycles. The smallest absolute Gasteiger partial charge is 0.275 e. The first-order valence-electron chi connectivity index (χ1n) is 10.3. The number of hydrogen-bond acceptors (Lipinski definition) is 4. The number of fused-ring (bicyclic) bond motifs is 1. The van der Waals surface area contributed by atoms with Crippen molar-refractivity contribution >= 4 is 11.6 Å². The van der Waals surface area contributed by atoms with E-state index in [1.54, 1.807) is 0 Å². The van der Waals surface area contributed by atoms with Crippen molar-refractivity contribution in [2.24, 2.45) is 0 Å². The zero-order valence-electron chi connectivity index (χ0n) is 17.5. The summed E-state index contributed by atoms with van der Waals surface area (Å²) in [5.74, 6) is 1.60. The molecule has 2 aliphatic rings. The standard InChI is InChI=1S/C23H29N3O3/c1-16-5-4-6-20(17(16)2)26-11-9-25(10-12-26)14-23(27)24-18(3)19-7-8-21-22(13-19)29-15-28-21/h4-8,13,18H,9-12,14-15H2,1-3H3,(H,24,27)/p+1/t18-/m0/s1. The fourth-order valence-corrected chi connectivity index (χ4v) is 4.10. The Labute approximate surface area is 172 Å². The number of amides is 1. The molecule has 0 spiro atoms. The molecule has 0 aromatic heterocycles. The average Bonchev–Trinajstić information content (AvgIpc) is 3.18. The number of piperazine rings is 1. The molecule has 154 valence electrons. The Kier molecular flexibility index (Phi) is 5.62. The third kappa shape index (κ3) is 4.32. The molecule has 2 N–H and O–H groups in total. The van der Waals surface area contributed by atoms with Crippen LogP contribution >= 0.6 is 0 Å². The first kappa shape index (κ1) is 19.6. The number of nitrogens with zero attached hydrogens (tertiary/aromatic N) is 1. The molecule has 0 radical (unpaired) electrons. The maximum absolute atomic E-state index is 12.6. The number of anilines is 1. The Morgan fingerprint density at radius 3 is 2.69 bits per heavy atom. The van der Waals surface area contributed by atoms with E-state index in [-0.39, 0.29) is 18.7 Å². The topological polar surface area (TPSA) is 55.2 Å². The lowest BCUT2D eigenvalue weighted by Crippen LogP contribution is -3.16. The van der Waals surface area contributed by atoms with Gasteiger partial charge < -0.3 is 24.6 Å². The summed E-state index contributed by atoms with van der Waals surface area (Å²) < 4.78 is 10.8. The minimum Gasteiger partial charge on any atom is -0.454 e. The van der Waals surface area contributed by atoms with Crippen molar-refractivity contribution in [3.8, 4) is 11.5 Å². The van der Waals surface area contributed by atoms with Gasteiger partial charge in [-0.05, 0) is 55.7 Å². The second kappa shape index (κ2) is 8.33. The fourth-order valence-electron chi connectivity index (χ4n) is 4.10. The van der Waals surface area contributed by atoms with Gasteiger partial charge in [0.15, 0.2) is 18.0 Å². The minimum atomic E-state index is -0.0624. The molecule has 4 rings (SSSR count). The molecule has 1 atom stereocenters. The van der Waals surface area contributed by atoms with Crippen LogP contribution in [0.15, 0.2) is 36.4 Å². The van der Waals surface area contributed by atoms with Crippen LogP contribution in [0.2, 0.25) is 0 Å². The monoisotopic (exact) mass is 396 g/mol. The van der Waals surface area contributed by atoms with Gasteiger partial charge in [-0.1, -0.05) is 18.2 Å². The van der Waals surface area contributed by atoms with E-state index in [1.165, 1.54) is 21.7 Å². The van der Waals surface area contributed by atoms with Crippen molar-refractivity contribution in [1.29, 1.82) is 0 Å². The first-order valence-corrected chi connectivity index (χ1v) is 10.3. The Bertz CT molecular complexity index is 891. The maximum atomic E-state index is 12.6. The maximum Gasteiger partial charge on any atom is 0.275 e. The van der Waals surface area contributed by atoms with Crippen LogP contribution in [0.3, 0.4) is 0 Å². The molecule has 0 bridgehead atoms. The van der Waals surface area contributed by atoms with Crippen LogP contribution in [0.25, 0.3) is 0 Å². The van der Waals surface area contributed by atoms with Crippen molar-refractivity contribution in [2.45, 2.75) is 26.8 Å². The van der Waals surface area contributed by atoms with Gasteiger partial charge in [0, 0.05) is 5.69 Å². The molecule has 0 aliphatic carbocycles. The van der Waals surface area contributed by atoms with E-state index in [4.69, 9.17) is 9.47 Å². The summed E-state index contributed by atoms with van der Waals surface area (Å²) in [5, 5.41) is 3.12. The minimum absolute atomic E-state index is 0.0624. The lowest BCUT2D eigenvalue weighted by molar-refractivity contribution is -0.892. The highest BCUT2D eigenvalue weighted by molar-refractivity contribution is 5.77. The largest absolute Gasteiger partial charge is 0.454 e. The van der Waals surface area contributed by atoms with Crippen LogP contribution < -0.4 is 24.6 Å². The van der Waals surface area contributed by atoms with E-state index in [0.29, 0.717) is 6.54 Å². The average molecular weight is 397 g/mol. The molecule has 6 nitrogen and oxygen atoms in total. The van der Waals surface area contributed by atoms with Crippen molar-refractivity contribution in [2.75, 3.05) is 44.4 Å². The lowest BCUT2D eigenvalue weighted by Gasteiger charge is -2.34. The van der Waals surface area contributed by atoms with Gasteiger partial charge in [0.1, 0.15) is 0 Å². The van der Waals surface area contributed by atoms with Crippen LogP contribution in [0.5, 0.6) is 11.5 Å². The second-order valence-electron chi connectivity index (χ2n) is 8.03. The lowest BCUT2D eigenvalue weighted by atomic mass is 10.1. The van der Waals surface area contributed by atoms with Crippen LogP contribution in [-0.2, 0) is 4.79 Å². The molecular weight excluding hydrogens is 366 g/mol. The summed E-state index contributed by atoms with van der Waals surface area (Å²) in [6, 6.07) is 12.3. The third-order valence-corrected chi connectivity index (χ3v) is 6.07. The van der Waals surface area contributed by atoms with E-state index in [2.05, 4.69) is 42.3 Å². The molecule has 1 amide bonds. The van der Waals surface area contributed by atoms with E-state index < -0.39 is 0 Å². The SMILES string of the molecule is Cc1cccc(N2CC[NH+](CC(=O)N[C@@H](C)c3ccc4c(c3)OCO4)CC2)c1C. The number of benzene rings is 2. The molecule has 1 fully saturated rings. The molecule has 0 unspecified atom stereocenters. The normalized spacial score (nSPS) is 17.3. The van der Waals surface area contributed by atoms with Crippen LogP contribution in [-0.4, -0.2) is 45.4 Å². The molecule has 2 aliphatic heterocycles. The molecule has 6 heteroatoms. The quantitative estimate of drug-likeness (QED) is 0.807. The highest BCUT2D eigenvalue weighted by atomic mass is 16.7. The Morgan fingerprint density at radius 1 is 1.14 bits per heavy atom. The van der Waals surface area contributed by atoms with E-state index in [0.717, 1.165) is 43.2 Å². The van der Waals surface area contributed by atoms with Crippen molar-refractivity contribution < 1.29 is 19.2 Å². The number of carbonyl (C=O) groups excluding carboxylic acids is 1. The van der Waals surface area contributed by atoms with Crippen LogP contribution in [0.1, 0.15) is 29.7 Å². The van der Waals surface area contributed by atoms with E-state index >= 15 is 0 Å². The highest BCUT2D eigenvalue weighted by Crippen LogP contribution is 2.34. The van der Waals surface area contributed by atoms with Gasteiger partial charge in [-0.25, -0.2) is 0 Å². The van der Waals surface area contributed by atoms with Gasteiger partial charge in [-0.15, -0.1) is 0 Å². The number of nitrogens with one attached hydrogen (secondary N) is 2. The predicted molar refractivity (Wildman–Crippen MR) is 113 cm³/mol. The predicted octanol–water partition coefficient (Wildman–Crippen LogP) is 1.61. The van der Waals surface area contributed by atoms with Gasteiger partial charge in [-0.2, -0.15) is 0 Å². The fraction of sp³-hybridized carbons (Fsp3) is 0.435. The third-order valence-electron chi connectivity index (χ3n) is 6.07. The highest BCUT2D eigenvalue weighted by Gasteiger charge is 2.24. The number of hydrogen-bond donors (Lipinski definition) is 2. The summed E-state index contributed by atoms with van der Waals surface area (Å²) >= 11 is 0. The zero-order chi connectivity index (χ0) is 20.4. The van der Waals surface area contributed by atoms with Gasteiger partial charge in [0.05, 0.1) is 32.2 Å². The van der Waals surface area contributed by atoms with Gasteiger partial charge in [-0.3, -0.25) is 4.79 Å². The molecule has 29 heavy (non-hydrogen) atoms. The number of rotatable bonds is 5. The molecular formula is C23H30N3O3+. The van der Waals surface area contributed by atoms with Crippen molar-refractivity contribution in [1.82, 2.24) is 5.32 Å². The number of ether oxygens (including phenoxy) is 2. The van der Waals surface area contributed by atoms with Crippen molar-refractivity contribution in [3.05, 3.63) is 53.1 Å². The Hall–Kier alpha value is -2.73. The zero-order valence-corrected chi connectivity index (χ0v) is 17.5. The number of aryl methyl sites for hydroxylation is 1. The van der Waals surface area contributed by atoms with Crippen LogP contribution in [0, 0.1) is 13.8 Å². The molecule has 1 saturated heterocycles. The molecule has 2 aromatic rings. The molecule has 0 saturated carbocycles. The Morgan fingerprint density at radius 2 is 1.90 bits per heavy atom. The van der Waals surface area contributed by atoms with Gasteiger partial charge >= 0.3 is 0 Å². The summed E-state index contributed by atoms with van der Waals surface area (Å²) in [6.45, 7) is 11.0. The first-order chi connectivity index (χ1) is 14.0. The van der Waals surface area contributed by atoms with E-state index in [1.807, 2.05) is 25.1 Å². The number of quaternary nitrogens is 1. The Balaban J connectivity index is 1.28. The van der Waals surface area contributed by atoms with Crippen LogP contribution in [0.4, 0.5) is 5.69 Å². The summed E-state index contributed by atoms with van der Waals surface area (Å²) in [6.07, 6.45) is 0. The number of carbonyl (C=O) groups is 1. The summed E-state index contributed by atoms with van der Waals surface area (Å²) in [7, 11) is 0. The van der Waals surface area contributed by atoms with E-state index in [9.17, 15) is 4.79 Å². The van der Waals surface area contributed by atoms with Gasteiger partial charge in [0.2, 0.25) is 6.79 Å². The summed E-state index contributed by atoms with van der Waals surface area (Å²) in [5.41, 5.74) is 5.03. The second-order valence-corrected chi connectivity index (χ2v) is 8.03.